The number of aliphatic carboxylic acids is 1. The zero-order valence-electron chi connectivity index (χ0n) is 15.7. The molecule has 2 N–H and O–H groups in total. The van der Waals surface area contributed by atoms with Gasteiger partial charge in [-0.25, -0.2) is 4.79 Å². The van der Waals surface area contributed by atoms with Crippen LogP contribution in [0.1, 0.15) is 36.8 Å². The molecule has 1 aliphatic carbocycles. The van der Waals surface area contributed by atoms with Crippen LogP contribution in [0.25, 0.3) is 0 Å². The molecule has 0 radical (unpaired) electrons. The number of carbonyl (C=O) groups excluding carboxylic acids is 1. The normalized spacial score (nSPS) is 22.0. The summed E-state index contributed by atoms with van der Waals surface area (Å²) in [4.78, 5) is 25.0. The molecule has 6 nitrogen and oxygen atoms in total. The molecule has 3 atom stereocenters. The van der Waals surface area contributed by atoms with Crippen LogP contribution in [-0.4, -0.2) is 30.2 Å². The second-order valence-corrected chi connectivity index (χ2v) is 7.27. The van der Waals surface area contributed by atoms with Gasteiger partial charge in [-0.05, 0) is 42.0 Å². The third-order valence-corrected chi connectivity index (χ3v) is 5.62. The van der Waals surface area contributed by atoms with Crippen LogP contribution in [0.15, 0.2) is 48.5 Å². The summed E-state index contributed by atoms with van der Waals surface area (Å²) in [5.74, 6) is -0.0327. The van der Waals surface area contributed by atoms with E-state index in [9.17, 15) is 14.7 Å². The van der Waals surface area contributed by atoms with E-state index in [2.05, 4.69) is 5.32 Å². The fourth-order valence-electron chi connectivity index (χ4n) is 3.86. The average Bonchev–Trinajstić information content (AvgIpc) is 3.53. The standard InChI is InChI=1S/C22H23NO5/c1-2-22(21(25)26,15-6-4-3-5-7-15)23-20(24)17-13-16(17)14-8-9-18-19(12-14)28-11-10-27-18/h3-9,12,16-17H,2,10-11,13H2,1H3,(H,23,24)(H,25,26). The average molecular weight is 381 g/mol. The largest absolute Gasteiger partial charge is 0.486 e. The predicted octanol–water partition coefficient (Wildman–Crippen LogP) is 3.07. The molecule has 2 aromatic carbocycles. The summed E-state index contributed by atoms with van der Waals surface area (Å²) < 4.78 is 11.2. The molecule has 0 saturated heterocycles. The van der Waals surface area contributed by atoms with Crippen molar-refractivity contribution in [3.05, 3.63) is 59.7 Å². The molecule has 0 bridgehead atoms. The monoisotopic (exact) mass is 381 g/mol. The van der Waals surface area contributed by atoms with Crippen LogP contribution in [0.4, 0.5) is 0 Å². The number of carboxylic acids is 1. The summed E-state index contributed by atoms with van der Waals surface area (Å²) in [6, 6.07) is 14.6. The number of benzene rings is 2. The van der Waals surface area contributed by atoms with Gasteiger partial charge in [0.25, 0.3) is 0 Å². The zero-order chi connectivity index (χ0) is 19.7. The molecule has 0 spiro atoms. The Morgan fingerprint density at radius 1 is 1.11 bits per heavy atom. The summed E-state index contributed by atoms with van der Waals surface area (Å²) in [5, 5.41) is 12.7. The second kappa shape index (κ2) is 7.19. The molecule has 1 aliphatic heterocycles. The van der Waals surface area contributed by atoms with Gasteiger partial charge in [-0.1, -0.05) is 43.3 Å². The quantitative estimate of drug-likeness (QED) is 0.803. The lowest BCUT2D eigenvalue weighted by Crippen LogP contribution is -2.52. The minimum Gasteiger partial charge on any atom is -0.486 e. The lowest BCUT2D eigenvalue weighted by atomic mass is 9.87. The van der Waals surface area contributed by atoms with Gasteiger partial charge in [0.1, 0.15) is 13.2 Å². The maximum absolute atomic E-state index is 12.9. The summed E-state index contributed by atoms with van der Waals surface area (Å²) >= 11 is 0. The Balaban J connectivity index is 1.51. The summed E-state index contributed by atoms with van der Waals surface area (Å²) in [6.07, 6.45) is 0.958. The maximum Gasteiger partial charge on any atom is 0.334 e. The third kappa shape index (κ3) is 3.19. The van der Waals surface area contributed by atoms with Gasteiger partial charge in [-0.15, -0.1) is 0 Å². The molecule has 6 heteroatoms. The topological polar surface area (TPSA) is 84.9 Å². The van der Waals surface area contributed by atoms with E-state index in [1.165, 1.54) is 0 Å². The molecular weight excluding hydrogens is 358 g/mol. The molecule has 3 unspecified atom stereocenters. The number of hydrogen-bond acceptors (Lipinski definition) is 4. The molecule has 4 rings (SSSR count). The van der Waals surface area contributed by atoms with Crippen molar-refractivity contribution in [3.8, 4) is 11.5 Å². The lowest BCUT2D eigenvalue weighted by Gasteiger charge is -2.30. The van der Waals surface area contributed by atoms with Gasteiger partial charge >= 0.3 is 5.97 Å². The molecule has 28 heavy (non-hydrogen) atoms. The first-order chi connectivity index (χ1) is 13.5. The molecule has 2 aromatic rings. The van der Waals surface area contributed by atoms with Crippen LogP contribution in [0, 0.1) is 5.92 Å². The first-order valence-electron chi connectivity index (χ1n) is 9.55. The molecule has 2 aliphatic rings. The first kappa shape index (κ1) is 18.3. The number of amides is 1. The molecule has 1 heterocycles. The molecule has 1 fully saturated rings. The number of carboxylic acid groups (broad SMARTS) is 1. The highest BCUT2D eigenvalue weighted by molar-refractivity contribution is 5.91. The zero-order valence-corrected chi connectivity index (χ0v) is 15.7. The van der Waals surface area contributed by atoms with Crippen LogP contribution >= 0.6 is 0 Å². The van der Waals surface area contributed by atoms with E-state index in [4.69, 9.17) is 9.47 Å². The Bertz CT molecular complexity index is 897. The van der Waals surface area contributed by atoms with E-state index in [1.54, 1.807) is 31.2 Å². The Kier molecular flexibility index (Phi) is 4.71. The van der Waals surface area contributed by atoms with Gasteiger partial charge in [0.2, 0.25) is 5.91 Å². The van der Waals surface area contributed by atoms with E-state index in [0.717, 1.165) is 11.3 Å². The number of hydrogen-bond donors (Lipinski definition) is 2. The van der Waals surface area contributed by atoms with E-state index < -0.39 is 11.5 Å². The predicted molar refractivity (Wildman–Crippen MR) is 102 cm³/mol. The van der Waals surface area contributed by atoms with E-state index in [1.807, 2.05) is 24.3 Å². The van der Waals surface area contributed by atoms with Crippen LogP contribution in [0.2, 0.25) is 0 Å². The van der Waals surface area contributed by atoms with Crippen molar-refractivity contribution in [3.63, 3.8) is 0 Å². The summed E-state index contributed by atoms with van der Waals surface area (Å²) in [7, 11) is 0. The highest BCUT2D eigenvalue weighted by atomic mass is 16.6. The molecule has 1 saturated carbocycles. The fourth-order valence-corrected chi connectivity index (χ4v) is 3.86. The highest BCUT2D eigenvalue weighted by Gasteiger charge is 2.48. The van der Waals surface area contributed by atoms with Crippen molar-refractivity contribution in [2.45, 2.75) is 31.2 Å². The van der Waals surface area contributed by atoms with Gasteiger partial charge in [-0.2, -0.15) is 0 Å². The lowest BCUT2D eigenvalue weighted by molar-refractivity contribution is -0.148. The van der Waals surface area contributed by atoms with Crippen LogP contribution in [0.5, 0.6) is 11.5 Å². The van der Waals surface area contributed by atoms with Crippen molar-refractivity contribution < 1.29 is 24.2 Å². The third-order valence-electron chi connectivity index (χ3n) is 5.62. The van der Waals surface area contributed by atoms with E-state index in [-0.39, 0.29) is 24.2 Å². The van der Waals surface area contributed by atoms with E-state index in [0.29, 0.717) is 30.9 Å². The Labute approximate surface area is 163 Å². The number of carbonyl (C=O) groups is 2. The van der Waals surface area contributed by atoms with Crippen molar-refractivity contribution in [1.29, 1.82) is 0 Å². The minimum atomic E-state index is -1.42. The van der Waals surface area contributed by atoms with Gasteiger partial charge in [-0.3, -0.25) is 4.79 Å². The molecule has 146 valence electrons. The number of fused-ring (bicyclic) bond motifs is 1. The smallest absolute Gasteiger partial charge is 0.334 e. The van der Waals surface area contributed by atoms with Crippen molar-refractivity contribution in [1.82, 2.24) is 5.32 Å². The number of ether oxygens (including phenoxy) is 2. The van der Waals surface area contributed by atoms with Gasteiger partial charge < -0.3 is 19.9 Å². The number of nitrogens with one attached hydrogen (secondary N) is 1. The van der Waals surface area contributed by atoms with Crippen LogP contribution in [-0.2, 0) is 15.1 Å². The summed E-state index contributed by atoms with van der Waals surface area (Å²) in [5.41, 5.74) is 0.176. The van der Waals surface area contributed by atoms with Gasteiger partial charge in [0.05, 0.1) is 0 Å². The SMILES string of the molecule is CCC(NC(=O)C1CC1c1ccc2c(c1)OCCO2)(C(=O)O)c1ccccc1. The number of rotatable bonds is 6. The fraction of sp³-hybridized carbons (Fsp3) is 0.364. The molecule has 1 amide bonds. The van der Waals surface area contributed by atoms with Crippen LogP contribution < -0.4 is 14.8 Å². The van der Waals surface area contributed by atoms with E-state index >= 15 is 0 Å². The first-order valence-corrected chi connectivity index (χ1v) is 9.55. The second-order valence-electron chi connectivity index (χ2n) is 7.27. The van der Waals surface area contributed by atoms with Gasteiger partial charge in [0, 0.05) is 5.92 Å². The molecule has 0 aromatic heterocycles. The molecular formula is C22H23NO5. The minimum absolute atomic E-state index is 0.0648. The van der Waals surface area contributed by atoms with Crippen molar-refractivity contribution in [2.75, 3.05) is 13.2 Å². The maximum atomic E-state index is 12.9. The van der Waals surface area contributed by atoms with Gasteiger partial charge in [0.15, 0.2) is 17.0 Å². The highest BCUT2D eigenvalue weighted by Crippen LogP contribution is 2.50. The van der Waals surface area contributed by atoms with Crippen molar-refractivity contribution >= 4 is 11.9 Å². The Morgan fingerprint density at radius 2 is 1.82 bits per heavy atom. The van der Waals surface area contributed by atoms with Crippen molar-refractivity contribution in [2.24, 2.45) is 5.92 Å². The van der Waals surface area contributed by atoms with Crippen LogP contribution in [0.3, 0.4) is 0 Å². The summed E-state index contributed by atoms with van der Waals surface area (Å²) in [6.45, 7) is 2.82. The Morgan fingerprint density at radius 3 is 2.50 bits per heavy atom. The Hall–Kier alpha value is -3.02.